The minimum Gasteiger partial charge on any atom is -0.493 e. The van der Waals surface area contributed by atoms with Gasteiger partial charge in [-0.3, -0.25) is 14.4 Å². The maximum absolute atomic E-state index is 14.9. The molecule has 318 valence electrons. The average molecular weight is 826 g/mol. The Morgan fingerprint density at radius 2 is 1.47 bits per heavy atom. The molecule has 8 atom stereocenters. The van der Waals surface area contributed by atoms with Crippen LogP contribution >= 0.6 is 0 Å². The number of fused-ring (bicyclic) bond motifs is 2. The second kappa shape index (κ2) is 17.5. The van der Waals surface area contributed by atoms with Gasteiger partial charge in [0.05, 0.1) is 31.2 Å². The smallest absolute Gasteiger partial charge is 0.338 e. The fourth-order valence-electron chi connectivity index (χ4n) is 9.05. The number of Topliss-reactive ketones (excluding diaryl/α,β-unsaturated/α-hetero) is 1. The van der Waals surface area contributed by atoms with Crippen molar-refractivity contribution in [3.8, 4) is 0 Å². The topological polar surface area (TPSA) is 204 Å². The molecule has 0 spiro atoms. The number of benzene rings is 3. The number of methoxy groups -OCH3 is 1. The van der Waals surface area contributed by atoms with E-state index in [0.717, 1.165) is 0 Å². The van der Waals surface area contributed by atoms with Gasteiger partial charge in [-0.2, -0.15) is 0 Å². The zero-order chi connectivity index (χ0) is 43.6. The van der Waals surface area contributed by atoms with Gasteiger partial charge in [0.1, 0.15) is 23.9 Å². The molecule has 1 heterocycles. The van der Waals surface area contributed by atoms with Crippen molar-refractivity contribution in [3.63, 3.8) is 0 Å². The molecule has 4 N–H and O–H groups in total. The molecule has 0 unspecified atom stereocenters. The number of ketones is 1. The lowest BCUT2D eigenvalue weighted by Gasteiger charge is -2.60. The first-order chi connectivity index (χ1) is 28.5. The number of carbonyl (C=O) groups excluding carboxylic acids is 5. The van der Waals surface area contributed by atoms with Gasteiger partial charge in [-0.1, -0.05) is 80.6 Å². The number of esters is 3. The van der Waals surface area contributed by atoms with Crippen LogP contribution < -0.4 is 5.32 Å². The van der Waals surface area contributed by atoms with Crippen LogP contribution in [0, 0.1) is 11.3 Å². The van der Waals surface area contributed by atoms with E-state index >= 15 is 0 Å². The van der Waals surface area contributed by atoms with Crippen LogP contribution in [0.25, 0.3) is 0 Å². The summed E-state index contributed by atoms with van der Waals surface area (Å²) >= 11 is 0. The van der Waals surface area contributed by atoms with Gasteiger partial charge >= 0.3 is 17.9 Å². The van der Waals surface area contributed by atoms with E-state index in [0.29, 0.717) is 5.56 Å². The number of hydrogen-bond acceptors (Lipinski definition) is 13. The van der Waals surface area contributed by atoms with Crippen molar-refractivity contribution in [2.45, 2.75) is 89.1 Å². The van der Waals surface area contributed by atoms with Crippen molar-refractivity contribution in [1.29, 1.82) is 0 Å². The summed E-state index contributed by atoms with van der Waals surface area (Å²) in [7, 11) is 1.28. The van der Waals surface area contributed by atoms with Crippen molar-refractivity contribution < 1.29 is 63.0 Å². The summed E-state index contributed by atoms with van der Waals surface area (Å²) in [4.78, 5) is 69.6. The van der Waals surface area contributed by atoms with E-state index in [-0.39, 0.29) is 53.2 Å². The third-order valence-electron chi connectivity index (χ3n) is 12.2. The number of allylic oxidation sites excluding steroid dienone is 1. The fourth-order valence-corrected chi connectivity index (χ4v) is 9.05. The minimum atomic E-state index is -2.30. The Labute approximate surface area is 348 Å². The summed E-state index contributed by atoms with van der Waals surface area (Å²) in [5.41, 5.74) is -4.40. The summed E-state index contributed by atoms with van der Waals surface area (Å²) in [5, 5.41) is 38.0. The standard InChI is InChI=1S/C46H51NO13/c1-26-32(58-43(54)38(51)36(29-16-10-7-11-17-29)47-41(52)30-18-12-8-13-19-30)24-46(55)40(59-42(53)31-20-14-9-15-21-31)35(45(60-28(3)49)25-57-33(45)22-23-48)27(2)39(56-6)37(50)34(26)44(46,4)5/h7-21,32-33,35-36,38,40,48,51,55H,22-25H2,1-6H3,(H,47,52)/b39-27+/t32-,33+,35+,36-,38+,40-,45-,46+/m0/s1. The molecule has 0 aromatic heterocycles. The molecule has 0 saturated carbocycles. The van der Waals surface area contributed by atoms with Crippen molar-refractivity contribution in [2.75, 3.05) is 20.3 Å². The number of aliphatic hydroxyl groups is 3. The lowest BCUT2D eigenvalue weighted by Crippen LogP contribution is -2.73. The van der Waals surface area contributed by atoms with Crippen molar-refractivity contribution in [3.05, 3.63) is 130 Å². The van der Waals surface area contributed by atoms with Gasteiger partial charge in [0.25, 0.3) is 5.91 Å². The summed E-state index contributed by atoms with van der Waals surface area (Å²) in [6, 6.07) is 23.3. The summed E-state index contributed by atoms with van der Waals surface area (Å²) in [6.07, 6.45) is -6.56. The van der Waals surface area contributed by atoms with Crippen LogP contribution in [-0.4, -0.2) is 101 Å². The lowest BCUT2D eigenvalue weighted by molar-refractivity contribution is -0.295. The maximum Gasteiger partial charge on any atom is 0.338 e. The summed E-state index contributed by atoms with van der Waals surface area (Å²) in [6.45, 7) is 6.84. The molecular weight excluding hydrogens is 774 g/mol. The van der Waals surface area contributed by atoms with Crippen LogP contribution in [0.1, 0.15) is 79.8 Å². The van der Waals surface area contributed by atoms with E-state index in [1.165, 1.54) is 26.2 Å². The quantitative estimate of drug-likeness (QED) is 0.140. The number of nitrogens with one attached hydrogen (secondary N) is 1. The van der Waals surface area contributed by atoms with Crippen LogP contribution in [0.5, 0.6) is 0 Å². The highest BCUT2D eigenvalue weighted by Crippen LogP contribution is 2.58. The second-order valence-electron chi connectivity index (χ2n) is 16.0. The van der Waals surface area contributed by atoms with Gasteiger partial charge in [0, 0.05) is 42.9 Å². The molecule has 1 aliphatic heterocycles. The second-order valence-corrected chi connectivity index (χ2v) is 16.0. The Balaban J connectivity index is 1.49. The molecule has 14 heteroatoms. The van der Waals surface area contributed by atoms with Crippen LogP contribution in [0.15, 0.2) is 113 Å². The first-order valence-corrected chi connectivity index (χ1v) is 19.7. The Bertz CT molecular complexity index is 2170. The van der Waals surface area contributed by atoms with Crippen molar-refractivity contribution in [2.24, 2.45) is 11.3 Å². The predicted octanol–water partition coefficient (Wildman–Crippen LogP) is 4.34. The third kappa shape index (κ3) is 7.87. The highest BCUT2D eigenvalue weighted by Gasteiger charge is 2.70. The molecule has 1 fully saturated rings. The Morgan fingerprint density at radius 1 is 0.883 bits per heavy atom. The maximum atomic E-state index is 14.9. The van der Waals surface area contributed by atoms with E-state index in [2.05, 4.69) is 5.32 Å². The number of amides is 1. The molecule has 60 heavy (non-hydrogen) atoms. The molecule has 6 rings (SSSR count). The van der Waals surface area contributed by atoms with E-state index < -0.39 is 89.0 Å². The highest BCUT2D eigenvalue weighted by molar-refractivity contribution is 6.09. The largest absolute Gasteiger partial charge is 0.493 e. The van der Waals surface area contributed by atoms with E-state index in [1.54, 1.807) is 107 Å². The van der Waals surface area contributed by atoms with Crippen LogP contribution in [-0.2, 0) is 38.1 Å². The summed E-state index contributed by atoms with van der Waals surface area (Å²) in [5.74, 6) is -5.57. The Hall–Kier alpha value is -5.67. The third-order valence-corrected chi connectivity index (χ3v) is 12.2. The highest BCUT2D eigenvalue weighted by atomic mass is 16.6. The summed E-state index contributed by atoms with van der Waals surface area (Å²) < 4.78 is 30.2. The molecule has 3 aromatic rings. The molecule has 3 aliphatic rings. The molecule has 0 radical (unpaired) electrons. The molecule has 14 nitrogen and oxygen atoms in total. The van der Waals surface area contributed by atoms with Crippen LogP contribution in [0.3, 0.4) is 0 Å². The minimum absolute atomic E-state index is 0.00533. The molecule has 1 amide bonds. The average Bonchev–Trinajstić information content (AvgIpc) is 3.23. The Kier molecular flexibility index (Phi) is 12.8. The first kappa shape index (κ1) is 43.9. The Morgan fingerprint density at radius 3 is 2.00 bits per heavy atom. The molecule has 3 aromatic carbocycles. The molecular formula is C46H51NO13. The first-order valence-electron chi connectivity index (χ1n) is 19.7. The predicted molar refractivity (Wildman–Crippen MR) is 215 cm³/mol. The monoisotopic (exact) mass is 825 g/mol. The zero-order valence-corrected chi connectivity index (χ0v) is 34.4. The van der Waals surface area contributed by atoms with Gasteiger partial charge in [0.15, 0.2) is 17.5 Å². The van der Waals surface area contributed by atoms with Crippen LogP contribution in [0.4, 0.5) is 0 Å². The van der Waals surface area contributed by atoms with Crippen LogP contribution in [0.2, 0.25) is 0 Å². The van der Waals surface area contributed by atoms with Crippen molar-refractivity contribution in [1.82, 2.24) is 5.32 Å². The number of aliphatic hydroxyl groups excluding tert-OH is 2. The molecule has 2 aliphatic carbocycles. The molecule has 1 saturated heterocycles. The number of carbonyl (C=O) groups is 5. The lowest BCUT2D eigenvalue weighted by atomic mass is 9.53. The number of ether oxygens (including phenoxy) is 5. The van der Waals surface area contributed by atoms with Gasteiger partial charge in [0.2, 0.25) is 5.78 Å². The van der Waals surface area contributed by atoms with Crippen molar-refractivity contribution >= 4 is 29.6 Å². The number of rotatable bonds is 13. The normalized spacial score (nSPS) is 28.2. The van der Waals surface area contributed by atoms with Gasteiger partial charge < -0.3 is 44.3 Å². The number of hydrogen-bond donors (Lipinski definition) is 4. The zero-order valence-electron chi connectivity index (χ0n) is 34.4. The van der Waals surface area contributed by atoms with Gasteiger partial charge in [-0.05, 0) is 54.8 Å². The fraction of sp³-hybridized carbons (Fsp3) is 0.413. The van der Waals surface area contributed by atoms with E-state index in [9.17, 15) is 39.3 Å². The van der Waals surface area contributed by atoms with E-state index in [1.807, 2.05) is 0 Å². The van der Waals surface area contributed by atoms with Gasteiger partial charge in [-0.25, -0.2) is 9.59 Å². The van der Waals surface area contributed by atoms with Gasteiger partial charge in [-0.15, -0.1) is 0 Å². The van der Waals surface area contributed by atoms with E-state index in [4.69, 9.17) is 23.7 Å². The molecule has 2 bridgehead atoms. The SMILES string of the molecule is CO/C1=C(\C)[C@@H]([C@]2(OC(C)=O)CO[C@@H]2CCO)[C@H](OC(=O)c2ccccc2)[C@]2(O)C[C@H](OC(=O)[C@H](O)[C@@H](NC(=O)c3ccccc3)c3ccccc3)C(C)=C(C1=O)C2(C)C.